The van der Waals surface area contributed by atoms with Gasteiger partial charge in [0.15, 0.2) is 0 Å². The van der Waals surface area contributed by atoms with E-state index in [0.29, 0.717) is 24.7 Å². The third kappa shape index (κ3) is 4.56. The second-order valence-electron chi connectivity index (χ2n) is 5.95. The van der Waals surface area contributed by atoms with E-state index in [2.05, 4.69) is 31.4 Å². The fourth-order valence-corrected chi connectivity index (χ4v) is 2.33. The third-order valence-electron chi connectivity index (χ3n) is 3.85. The molecule has 3 atom stereocenters. The molecule has 0 radical (unpaired) electrons. The highest BCUT2D eigenvalue weighted by atomic mass is 17.1. The number of aliphatic hydroxyl groups is 1. The highest BCUT2D eigenvalue weighted by molar-refractivity contribution is 5.08. The molecule has 0 aromatic heterocycles. The second kappa shape index (κ2) is 6.50. The van der Waals surface area contributed by atoms with Crippen molar-refractivity contribution in [1.29, 1.82) is 0 Å². The van der Waals surface area contributed by atoms with E-state index in [1.807, 2.05) is 6.08 Å². The average molecular weight is 254 g/mol. The summed E-state index contributed by atoms with van der Waals surface area (Å²) in [5.74, 6) is 0.948. The Morgan fingerprint density at radius 1 is 1.44 bits per heavy atom. The summed E-state index contributed by atoms with van der Waals surface area (Å²) in [6.45, 7) is 10.1. The van der Waals surface area contributed by atoms with Crippen molar-refractivity contribution < 1.29 is 15.3 Å². The smallest absolute Gasteiger partial charge is 0.114 e. The Morgan fingerprint density at radius 2 is 2.11 bits per heavy atom. The fourth-order valence-electron chi connectivity index (χ4n) is 2.33. The minimum atomic E-state index is -0.846. The molecule has 0 unspecified atom stereocenters. The SMILES string of the molecule is C=C1CC[C@H](C(C)C)/C=C/[C@](C)(O)CC[C@@H]1OO. The summed E-state index contributed by atoms with van der Waals surface area (Å²) in [5.41, 5.74) is 0.0656. The molecule has 18 heavy (non-hydrogen) atoms. The van der Waals surface area contributed by atoms with Crippen LogP contribution in [0.15, 0.2) is 24.3 Å². The largest absolute Gasteiger partial charge is 0.386 e. The van der Waals surface area contributed by atoms with Crippen LogP contribution in [0.25, 0.3) is 0 Å². The third-order valence-corrected chi connectivity index (χ3v) is 3.85. The normalized spacial score (nSPS) is 36.7. The van der Waals surface area contributed by atoms with Gasteiger partial charge < -0.3 is 5.11 Å². The lowest BCUT2D eigenvalue weighted by atomic mass is 9.84. The molecule has 2 N–H and O–H groups in total. The van der Waals surface area contributed by atoms with Crippen LogP contribution < -0.4 is 0 Å². The first-order chi connectivity index (χ1) is 8.35. The topological polar surface area (TPSA) is 49.7 Å². The van der Waals surface area contributed by atoms with Crippen LogP contribution in [0.2, 0.25) is 0 Å². The Labute approximate surface area is 110 Å². The number of allylic oxidation sites excluding steroid dienone is 1. The molecular weight excluding hydrogens is 228 g/mol. The molecule has 1 aliphatic rings. The summed E-state index contributed by atoms with van der Waals surface area (Å²) in [6.07, 6.45) is 6.61. The van der Waals surface area contributed by atoms with Gasteiger partial charge in [-0.05, 0) is 50.0 Å². The first-order valence-corrected chi connectivity index (χ1v) is 6.75. The highest BCUT2D eigenvalue weighted by Gasteiger charge is 2.24. The van der Waals surface area contributed by atoms with Gasteiger partial charge in [-0.3, -0.25) is 5.26 Å². The van der Waals surface area contributed by atoms with Gasteiger partial charge in [0, 0.05) is 0 Å². The Hall–Kier alpha value is -0.640. The van der Waals surface area contributed by atoms with Crippen LogP contribution in [0.4, 0.5) is 0 Å². The maximum Gasteiger partial charge on any atom is 0.114 e. The Balaban J connectivity index is 2.86. The molecule has 0 fully saturated rings. The lowest BCUT2D eigenvalue weighted by Crippen LogP contribution is -2.26. The molecule has 3 heteroatoms. The summed E-state index contributed by atoms with van der Waals surface area (Å²) >= 11 is 0. The van der Waals surface area contributed by atoms with E-state index >= 15 is 0 Å². The van der Waals surface area contributed by atoms with Crippen LogP contribution in [0, 0.1) is 11.8 Å². The highest BCUT2D eigenvalue weighted by Crippen LogP contribution is 2.28. The van der Waals surface area contributed by atoms with Crippen molar-refractivity contribution in [2.75, 3.05) is 0 Å². The lowest BCUT2D eigenvalue weighted by molar-refractivity contribution is -0.271. The van der Waals surface area contributed by atoms with E-state index in [1.165, 1.54) is 0 Å². The first kappa shape index (κ1) is 15.4. The number of hydrogen-bond donors (Lipinski definition) is 2. The summed E-state index contributed by atoms with van der Waals surface area (Å²) in [5, 5.41) is 19.2. The van der Waals surface area contributed by atoms with Gasteiger partial charge in [0.2, 0.25) is 0 Å². The maximum absolute atomic E-state index is 10.2. The van der Waals surface area contributed by atoms with Crippen molar-refractivity contribution in [1.82, 2.24) is 0 Å². The van der Waals surface area contributed by atoms with Gasteiger partial charge in [-0.15, -0.1) is 0 Å². The minimum absolute atomic E-state index is 0.365. The predicted molar refractivity (Wildman–Crippen MR) is 73.2 cm³/mol. The zero-order chi connectivity index (χ0) is 13.8. The quantitative estimate of drug-likeness (QED) is 0.450. The molecule has 0 aliphatic heterocycles. The zero-order valence-electron chi connectivity index (χ0n) is 11.7. The summed E-state index contributed by atoms with van der Waals surface area (Å²) in [7, 11) is 0. The van der Waals surface area contributed by atoms with Crippen molar-refractivity contribution >= 4 is 0 Å². The van der Waals surface area contributed by atoms with Gasteiger partial charge >= 0.3 is 0 Å². The van der Waals surface area contributed by atoms with E-state index < -0.39 is 5.60 Å². The van der Waals surface area contributed by atoms with Gasteiger partial charge in [-0.1, -0.05) is 32.6 Å². The standard InChI is InChI=1S/C15H26O3/c1-11(2)13-6-5-12(3)14(18-17)8-10-15(4,16)9-7-13/h7,9,11,13-14,16-17H,3,5-6,8,10H2,1-2,4H3/b9-7+/t13-,14-,15-/m0/s1. The fraction of sp³-hybridized carbons (Fsp3) is 0.733. The first-order valence-electron chi connectivity index (χ1n) is 6.75. The lowest BCUT2D eigenvalue weighted by Gasteiger charge is -2.27. The van der Waals surface area contributed by atoms with Crippen molar-refractivity contribution in [2.45, 2.75) is 58.2 Å². The molecule has 104 valence electrons. The van der Waals surface area contributed by atoms with Crippen molar-refractivity contribution in [2.24, 2.45) is 11.8 Å². The van der Waals surface area contributed by atoms with E-state index in [9.17, 15) is 5.11 Å². The van der Waals surface area contributed by atoms with Crippen LogP contribution in [-0.4, -0.2) is 22.1 Å². The molecular formula is C15H26O3. The summed E-state index contributed by atoms with van der Waals surface area (Å²) in [6, 6.07) is 0. The van der Waals surface area contributed by atoms with E-state index in [4.69, 9.17) is 5.26 Å². The van der Waals surface area contributed by atoms with E-state index in [1.54, 1.807) is 6.92 Å². The summed E-state index contributed by atoms with van der Waals surface area (Å²) in [4.78, 5) is 4.49. The monoisotopic (exact) mass is 254 g/mol. The number of hydrogen-bond acceptors (Lipinski definition) is 3. The molecule has 0 spiro atoms. The molecule has 0 amide bonds. The second-order valence-corrected chi connectivity index (χ2v) is 5.95. The van der Waals surface area contributed by atoms with Gasteiger partial charge in [0.25, 0.3) is 0 Å². The summed E-state index contributed by atoms with van der Waals surface area (Å²) < 4.78 is 0. The average Bonchev–Trinajstić information content (AvgIpc) is 2.28. The van der Waals surface area contributed by atoms with Crippen LogP contribution in [-0.2, 0) is 4.89 Å². The molecule has 0 saturated heterocycles. The Bertz CT molecular complexity index is 305. The molecule has 0 bridgehead atoms. The molecule has 0 aromatic rings. The van der Waals surface area contributed by atoms with Gasteiger partial charge in [0.05, 0.1) is 5.60 Å². The minimum Gasteiger partial charge on any atom is -0.386 e. The number of rotatable bonds is 2. The molecule has 0 heterocycles. The van der Waals surface area contributed by atoms with Crippen LogP contribution in [0.1, 0.15) is 46.5 Å². The Morgan fingerprint density at radius 3 is 2.67 bits per heavy atom. The van der Waals surface area contributed by atoms with Crippen LogP contribution >= 0.6 is 0 Å². The maximum atomic E-state index is 10.2. The van der Waals surface area contributed by atoms with Crippen molar-refractivity contribution in [3.63, 3.8) is 0 Å². The molecule has 1 aliphatic carbocycles. The molecule has 0 aromatic carbocycles. The van der Waals surface area contributed by atoms with Gasteiger partial charge in [-0.25, -0.2) is 4.89 Å². The molecule has 1 rings (SSSR count). The van der Waals surface area contributed by atoms with Crippen molar-refractivity contribution in [3.8, 4) is 0 Å². The van der Waals surface area contributed by atoms with E-state index in [-0.39, 0.29) is 6.10 Å². The van der Waals surface area contributed by atoms with Crippen LogP contribution in [0.3, 0.4) is 0 Å². The van der Waals surface area contributed by atoms with Gasteiger partial charge in [-0.2, -0.15) is 0 Å². The molecule has 0 saturated carbocycles. The zero-order valence-corrected chi connectivity index (χ0v) is 11.7. The molecule has 3 nitrogen and oxygen atoms in total. The van der Waals surface area contributed by atoms with Crippen molar-refractivity contribution in [3.05, 3.63) is 24.3 Å². The van der Waals surface area contributed by atoms with Crippen LogP contribution in [0.5, 0.6) is 0 Å². The van der Waals surface area contributed by atoms with E-state index in [0.717, 1.165) is 18.4 Å². The predicted octanol–water partition coefficient (Wildman–Crippen LogP) is 3.55. The van der Waals surface area contributed by atoms with Gasteiger partial charge in [0.1, 0.15) is 6.10 Å². The Kier molecular flexibility index (Phi) is 5.57.